The molecule has 0 spiro atoms. The maximum Gasteiger partial charge on any atom is 0.341 e. The Labute approximate surface area is 117 Å². The number of halogens is 1. The molecule has 0 radical (unpaired) electrons. The SMILES string of the molecule is Cc1cc(Oc2nnccc2C(=O)O)c(F)cc1[N+](=O)[O-]. The van der Waals surface area contributed by atoms with Crippen LogP contribution in [0, 0.1) is 22.9 Å². The van der Waals surface area contributed by atoms with Crippen LogP contribution in [0.15, 0.2) is 24.4 Å². The number of aromatic nitrogens is 2. The minimum Gasteiger partial charge on any atom is -0.477 e. The molecule has 2 aromatic rings. The van der Waals surface area contributed by atoms with Crippen LogP contribution in [0.2, 0.25) is 0 Å². The lowest BCUT2D eigenvalue weighted by Crippen LogP contribution is -2.04. The molecule has 8 nitrogen and oxygen atoms in total. The number of nitro benzene ring substituents is 1. The van der Waals surface area contributed by atoms with E-state index in [-0.39, 0.29) is 16.9 Å². The van der Waals surface area contributed by atoms with Gasteiger partial charge >= 0.3 is 5.97 Å². The van der Waals surface area contributed by atoms with Gasteiger partial charge in [-0.05, 0) is 19.1 Å². The average Bonchev–Trinajstić information content (AvgIpc) is 2.42. The van der Waals surface area contributed by atoms with Crippen LogP contribution in [0.3, 0.4) is 0 Å². The predicted molar refractivity (Wildman–Crippen MR) is 66.9 cm³/mol. The number of rotatable bonds is 4. The fourth-order valence-electron chi connectivity index (χ4n) is 1.58. The summed E-state index contributed by atoms with van der Waals surface area (Å²) in [4.78, 5) is 20.9. The van der Waals surface area contributed by atoms with Crippen LogP contribution in [0.1, 0.15) is 15.9 Å². The van der Waals surface area contributed by atoms with Gasteiger partial charge in [0.25, 0.3) is 11.6 Å². The van der Waals surface area contributed by atoms with Crippen molar-refractivity contribution in [2.75, 3.05) is 0 Å². The fraction of sp³-hybridized carbons (Fsp3) is 0.0833. The lowest BCUT2D eigenvalue weighted by Gasteiger charge is -2.08. The van der Waals surface area contributed by atoms with E-state index in [4.69, 9.17) is 9.84 Å². The smallest absolute Gasteiger partial charge is 0.341 e. The zero-order valence-electron chi connectivity index (χ0n) is 10.6. The topological polar surface area (TPSA) is 115 Å². The summed E-state index contributed by atoms with van der Waals surface area (Å²) in [5.41, 5.74) is -0.546. The number of nitrogens with zero attached hydrogens (tertiary/aromatic N) is 3. The highest BCUT2D eigenvalue weighted by Gasteiger charge is 2.19. The third kappa shape index (κ3) is 2.91. The van der Waals surface area contributed by atoms with Gasteiger partial charge in [0.2, 0.25) is 0 Å². The van der Waals surface area contributed by atoms with E-state index in [1.807, 2.05) is 0 Å². The Morgan fingerprint density at radius 3 is 2.81 bits per heavy atom. The number of hydrogen-bond acceptors (Lipinski definition) is 6. The van der Waals surface area contributed by atoms with Crippen molar-refractivity contribution in [1.82, 2.24) is 10.2 Å². The molecular formula is C12H8FN3O5. The second-order valence-corrected chi connectivity index (χ2v) is 3.98. The summed E-state index contributed by atoms with van der Waals surface area (Å²) >= 11 is 0. The Balaban J connectivity index is 2.44. The normalized spacial score (nSPS) is 10.2. The standard InChI is InChI=1S/C12H8FN3O5/c1-6-4-10(8(13)5-9(6)16(19)20)21-11-7(12(17)18)2-3-14-15-11/h2-5H,1H3,(H,17,18). The zero-order chi connectivity index (χ0) is 15.6. The number of aromatic carboxylic acids is 1. The van der Waals surface area contributed by atoms with E-state index in [1.54, 1.807) is 0 Å². The first-order valence-corrected chi connectivity index (χ1v) is 5.57. The Kier molecular flexibility index (Phi) is 3.74. The molecule has 0 saturated heterocycles. The number of ether oxygens (including phenoxy) is 1. The number of carboxylic acids is 1. The lowest BCUT2D eigenvalue weighted by atomic mass is 10.2. The predicted octanol–water partition coefficient (Wildman–Crippen LogP) is 2.32. The van der Waals surface area contributed by atoms with Gasteiger partial charge in [-0.25, -0.2) is 9.18 Å². The van der Waals surface area contributed by atoms with Crippen molar-refractivity contribution in [1.29, 1.82) is 0 Å². The molecule has 0 saturated carbocycles. The molecular weight excluding hydrogens is 285 g/mol. The van der Waals surface area contributed by atoms with Crippen LogP contribution in [0.25, 0.3) is 0 Å². The largest absolute Gasteiger partial charge is 0.477 e. The molecule has 1 aromatic heterocycles. The van der Waals surface area contributed by atoms with Crippen LogP contribution in [0.4, 0.5) is 10.1 Å². The molecule has 2 rings (SSSR count). The first-order chi connectivity index (χ1) is 9.90. The highest BCUT2D eigenvalue weighted by atomic mass is 19.1. The van der Waals surface area contributed by atoms with Gasteiger partial charge in [-0.2, -0.15) is 5.10 Å². The Hall–Kier alpha value is -3.10. The summed E-state index contributed by atoms with van der Waals surface area (Å²) in [6.07, 6.45) is 1.15. The summed E-state index contributed by atoms with van der Waals surface area (Å²) < 4.78 is 18.8. The molecule has 0 bridgehead atoms. The molecule has 21 heavy (non-hydrogen) atoms. The second-order valence-electron chi connectivity index (χ2n) is 3.98. The van der Waals surface area contributed by atoms with Crippen molar-refractivity contribution in [3.63, 3.8) is 0 Å². The number of hydrogen-bond donors (Lipinski definition) is 1. The van der Waals surface area contributed by atoms with Crippen LogP contribution in [-0.4, -0.2) is 26.2 Å². The van der Waals surface area contributed by atoms with Crippen LogP contribution < -0.4 is 4.74 Å². The molecule has 0 amide bonds. The third-order valence-corrected chi connectivity index (χ3v) is 2.57. The second kappa shape index (κ2) is 5.49. The third-order valence-electron chi connectivity index (χ3n) is 2.57. The van der Waals surface area contributed by atoms with Gasteiger partial charge in [-0.15, -0.1) is 5.10 Å². The average molecular weight is 293 g/mol. The van der Waals surface area contributed by atoms with Crippen LogP contribution in [0.5, 0.6) is 11.6 Å². The minimum absolute atomic E-state index is 0.164. The van der Waals surface area contributed by atoms with E-state index in [0.717, 1.165) is 18.3 Å². The molecule has 108 valence electrons. The molecule has 1 heterocycles. The van der Waals surface area contributed by atoms with Crippen molar-refractivity contribution < 1.29 is 24.0 Å². The van der Waals surface area contributed by atoms with E-state index in [1.165, 1.54) is 6.92 Å². The lowest BCUT2D eigenvalue weighted by molar-refractivity contribution is -0.385. The van der Waals surface area contributed by atoms with Crippen molar-refractivity contribution in [2.24, 2.45) is 0 Å². The van der Waals surface area contributed by atoms with Crippen molar-refractivity contribution in [3.8, 4) is 11.6 Å². The number of nitro groups is 1. The van der Waals surface area contributed by atoms with Gasteiger partial charge in [0.1, 0.15) is 5.56 Å². The number of carbonyl (C=O) groups is 1. The Bertz CT molecular complexity index is 735. The minimum atomic E-state index is -1.32. The molecule has 0 aliphatic carbocycles. The molecule has 9 heteroatoms. The maximum absolute atomic E-state index is 13.8. The Morgan fingerprint density at radius 2 is 2.19 bits per heavy atom. The maximum atomic E-state index is 13.8. The highest BCUT2D eigenvalue weighted by Crippen LogP contribution is 2.30. The van der Waals surface area contributed by atoms with Gasteiger partial charge in [0.15, 0.2) is 11.6 Å². The first kappa shape index (κ1) is 14.3. The van der Waals surface area contributed by atoms with Crippen molar-refractivity contribution >= 4 is 11.7 Å². The van der Waals surface area contributed by atoms with Crippen LogP contribution >= 0.6 is 0 Å². The van der Waals surface area contributed by atoms with E-state index in [0.29, 0.717) is 6.07 Å². The van der Waals surface area contributed by atoms with Gasteiger partial charge in [-0.3, -0.25) is 10.1 Å². The quantitative estimate of drug-likeness (QED) is 0.679. The van der Waals surface area contributed by atoms with Crippen LogP contribution in [-0.2, 0) is 0 Å². The number of benzene rings is 1. The zero-order valence-corrected chi connectivity index (χ0v) is 10.6. The van der Waals surface area contributed by atoms with E-state index < -0.39 is 28.3 Å². The summed E-state index contributed by atoms with van der Waals surface area (Å²) in [7, 11) is 0. The van der Waals surface area contributed by atoms with Gasteiger partial charge in [-0.1, -0.05) is 0 Å². The molecule has 1 aromatic carbocycles. The van der Waals surface area contributed by atoms with Crippen molar-refractivity contribution in [3.05, 3.63) is 51.5 Å². The van der Waals surface area contributed by atoms with E-state index >= 15 is 0 Å². The number of aryl methyl sites for hydroxylation is 1. The number of carboxylic acid groups (broad SMARTS) is 1. The summed E-state index contributed by atoms with van der Waals surface area (Å²) in [6, 6.07) is 2.93. The van der Waals surface area contributed by atoms with Crippen molar-refractivity contribution in [2.45, 2.75) is 6.92 Å². The molecule has 0 atom stereocenters. The highest BCUT2D eigenvalue weighted by molar-refractivity contribution is 5.90. The van der Waals surface area contributed by atoms with Gasteiger partial charge in [0, 0.05) is 5.56 Å². The first-order valence-electron chi connectivity index (χ1n) is 5.57. The molecule has 0 fully saturated rings. The molecule has 1 N–H and O–H groups in total. The van der Waals surface area contributed by atoms with Gasteiger partial charge in [0.05, 0.1) is 17.2 Å². The summed E-state index contributed by atoms with van der Waals surface area (Å²) in [5.74, 6) is -3.11. The van der Waals surface area contributed by atoms with E-state index in [9.17, 15) is 19.3 Å². The summed E-state index contributed by atoms with van der Waals surface area (Å²) in [6.45, 7) is 1.40. The van der Waals surface area contributed by atoms with E-state index in [2.05, 4.69) is 10.2 Å². The molecule has 0 unspecified atom stereocenters. The fourth-order valence-corrected chi connectivity index (χ4v) is 1.58. The van der Waals surface area contributed by atoms with Gasteiger partial charge < -0.3 is 9.84 Å². The Morgan fingerprint density at radius 1 is 1.48 bits per heavy atom. The summed E-state index contributed by atoms with van der Waals surface area (Å²) in [5, 5.41) is 26.6. The monoisotopic (exact) mass is 293 g/mol. The molecule has 0 aliphatic rings. The molecule has 0 aliphatic heterocycles.